The van der Waals surface area contributed by atoms with Gasteiger partial charge in [0, 0.05) is 33.1 Å². The van der Waals surface area contributed by atoms with Gasteiger partial charge in [0.05, 0.1) is 7.11 Å². The van der Waals surface area contributed by atoms with E-state index in [1.807, 2.05) is 61.6 Å². The van der Waals surface area contributed by atoms with E-state index in [9.17, 15) is 4.79 Å². The molecular formula is C20H26N2O3. The lowest BCUT2D eigenvalue weighted by molar-refractivity contribution is -0.130. The number of hydrogen-bond donors (Lipinski definition) is 1. The maximum atomic E-state index is 12.1. The Morgan fingerprint density at radius 2 is 1.68 bits per heavy atom. The van der Waals surface area contributed by atoms with Crippen LogP contribution < -0.4 is 14.8 Å². The van der Waals surface area contributed by atoms with Gasteiger partial charge in [0.15, 0.2) is 0 Å². The molecule has 1 amide bonds. The number of carbonyl (C=O) groups is 1. The van der Waals surface area contributed by atoms with Crippen LogP contribution in [0.1, 0.15) is 12.0 Å². The van der Waals surface area contributed by atoms with E-state index >= 15 is 0 Å². The number of nitrogens with one attached hydrogen (secondary N) is 1. The Bertz CT molecular complexity index is 629. The molecule has 25 heavy (non-hydrogen) atoms. The van der Waals surface area contributed by atoms with Crippen molar-refractivity contribution in [2.24, 2.45) is 0 Å². The molecule has 0 heterocycles. The van der Waals surface area contributed by atoms with Crippen molar-refractivity contribution in [3.05, 3.63) is 60.2 Å². The first-order chi connectivity index (χ1) is 12.2. The van der Waals surface area contributed by atoms with E-state index in [2.05, 4.69) is 5.32 Å². The highest BCUT2D eigenvalue weighted by Gasteiger charge is 2.08. The zero-order valence-corrected chi connectivity index (χ0v) is 14.9. The van der Waals surface area contributed by atoms with Crippen LogP contribution in [-0.2, 0) is 11.3 Å². The summed E-state index contributed by atoms with van der Waals surface area (Å²) in [4.78, 5) is 13.9. The first kappa shape index (κ1) is 18.8. The van der Waals surface area contributed by atoms with Crippen LogP contribution in [-0.4, -0.2) is 44.7 Å². The molecule has 1 N–H and O–H groups in total. The maximum absolute atomic E-state index is 12.1. The third kappa shape index (κ3) is 6.85. The fraction of sp³-hybridized carbons (Fsp3) is 0.350. The number of nitrogens with zero attached hydrogens (tertiary/aromatic N) is 1. The number of hydrogen-bond acceptors (Lipinski definition) is 4. The van der Waals surface area contributed by atoms with Crippen molar-refractivity contribution in [1.82, 2.24) is 10.2 Å². The maximum Gasteiger partial charge on any atom is 0.223 e. The van der Waals surface area contributed by atoms with Crippen molar-refractivity contribution in [3.8, 4) is 11.5 Å². The Morgan fingerprint density at radius 3 is 2.36 bits per heavy atom. The van der Waals surface area contributed by atoms with Gasteiger partial charge in [-0.3, -0.25) is 4.79 Å². The van der Waals surface area contributed by atoms with E-state index in [4.69, 9.17) is 9.47 Å². The van der Waals surface area contributed by atoms with E-state index < -0.39 is 0 Å². The Morgan fingerprint density at radius 1 is 1.00 bits per heavy atom. The molecule has 0 aromatic heterocycles. The molecule has 0 spiro atoms. The molecule has 0 bridgehead atoms. The summed E-state index contributed by atoms with van der Waals surface area (Å²) in [6.07, 6.45) is 0.478. The summed E-state index contributed by atoms with van der Waals surface area (Å²) in [6, 6.07) is 17.5. The molecule has 2 aromatic rings. The minimum absolute atomic E-state index is 0.132. The zero-order chi connectivity index (χ0) is 17.9. The highest BCUT2D eigenvalue weighted by molar-refractivity contribution is 5.76. The quantitative estimate of drug-likeness (QED) is 0.675. The predicted molar refractivity (Wildman–Crippen MR) is 98.9 cm³/mol. The van der Waals surface area contributed by atoms with Gasteiger partial charge in [0.25, 0.3) is 0 Å². The van der Waals surface area contributed by atoms with Crippen LogP contribution in [0.15, 0.2) is 54.6 Å². The van der Waals surface area contributed by atoms with Crippen LogP contribution in [0.2, 0.25) is 0 Å². The van der Waals surface area contributed by atoms with Crippen molar-refractivity contribution in [1.29, 1.82) is 0 Å². The van der Waals surface area contributed by atoms with Crippen molar-refractivity contribution in [3.63, 3.8) is 0 Å². The predicted octanol–water partition coefficient (Wildman–Crippen LogP) is 2.71. The molecular weight excluding hydrogens is 316 g/mol. The second-order valence-electron chi connectivity index (χ2n) is 5.76. The summed E-state index contributed by atoms with van der Waals surface area (Å²) in [5, 5.41) is 3.23. The van der Waals surface area contributed by atoms with Crippen LogP contribution in [0.4, 0.5) is 0 Å². The lowest BCUT2D eigenvalue weighted by Gasteiger charge is -2.17. The van der Waals surface area contributed by atoms with Crippen molar-refractivity contribution < 1.29 is 14.3 Å². The number of rotatable bonds is 10. The molecule has 0 saturated heterocycles. The summed E-state index contributed by atoms with van der Waals surface area (Å²) in [6.45, 7) is 2.53. The molecule has 0 fully saturated rings. The van der Waals surface area contributed by atoms with E-state index in [0.717, 1.165) is 17.1 Å². The fourth-order valence-corrected chi connectivity index (χ4v) is 2.37. The van der Waals surface area contributed by atoms with Gasteiger partial charge in [-0.25, -0.2) is 0 Å². The monoisotopic (exact) mass is 342 g/mol. The minimum Gasteiger partial charge on any atom is -0.497 e. The van der Waals surface area contributed by atoms with Gasteiger partial charge in [-0.1, -0.05) is 30.3 Å². The van der Waals surface area contributed by atoms with Gasteiger partial charge >= 0.3 is 0 Å². The third-order valence-corrected chi connectivity index (χ3v) is 3.81. The van der Waals surface area contributed by atoms with E-state index in [-0.39, 0.29) is 5.91 Å². The lowest BCUT2D eigenvalue weighted by atomic mass is 10.2. The highest BCUT2D eigenvalue weighted by atomic mass is 16.5. The standard InChI is InChI=1S/C20H26N2O3/c1-22(16-17-6-4-3-5-7-17)20(23)12-13-21-14-15-25-19-10-8-18(24-2)9-11-19/h3-11,21H,12-16H2,1-2H3. The number of benzene rings is 2. The number of ether oxygens (including phenoxy) is 2. The topological polar surface area (TPSA) is 50.8 Å². The fourth-order valence-electron chi connectivity index (χ4n) is 2.37. The van der Waals surface area contributed by atoms with E-state index in [1.54, 1.807) is 12.0 Å². The van der Waals surface area contributed by atoms with Crippen molar-refractivity contribution in [2.45, 2.75) is 13.0 Å². The van der Waals surface area contributed by atoms with E-state index in [0.29, 0.717) is 32.7 Å². The summed E-state index contributed by atoms with van der Waals surface area (Å²) in [5.74, 6) is 1.75. The first-order valence-electron chi connectivity index (χ1n) is 8.44. The Balaban J connectivity index is 1.56. The summed E-state index contributed by atoms with van der Waals surface area (Å²) >= 11 is 0. The van der Waals surface area contributed by atoms with Crippen LogP contribution >= 0.6 is 0 Å². The molecule has 2 aromatic carbocycles. The zero-order valence-electron chi connectivity index (χ0n) is 14.9. The molecule has 0 unspecified atom stereocenters. The Labute approximate surface area is 149 Å². The molecule has 134 valence electrons. The van der Waals surface area contributed by atoms with Gasteiger partial charge in [-0.05, 0) is 29.8 Å². The van der Waals surface area contributed by atoms with Crippen LogP contribution in [0, 0.1) is 0 Å². The highest BCUT2D eigenvalue weighted by Crippen LogP contribution is 2.16. The second kappa shape index (κ2) is 10.4. The summed E-state index contributed by atoms with van der Waals surface area (Å²) in [5.41, 5.74) is 1.14. The average Bonchev–Trinajstić information content (AvgIpc) is 2.65. The molecule has 0 aliphatic heterocycles. The second-order valence-corrected chi connectivity index (χ2v) is 5.76. The molecule has 0 aliphatic carbocycles. The summed E-state index contributed by atoms with van der Waals surface area (Å²) < 4.78 is 10.7. The van der Waals surface area contributed by atoms with Gasteiger partial charge in [-0.2, -0.15) is 0 Å². The molecule has 2 rings (SSSR count). The van der Waals surface area contributed by atoms with Gasteiger partial charge in [0.1, 0.15) is 18.1 Å². The summed E-state index contributed by atoms with van der Waals surface area (Å²) in [7, 11) is 3.47. The molecule has 0 aliphatic rings. The number of carbonyl (C=O) groups excluding carboxylic acids is 1. The van der Waals surface area contributed by atoms with Crippen LogP contribution in [0.5, 0.6) is 11.5 Å². The Hall–Kier alpha value is -2.53. The lowest BCUT2D eigenvalue weighted by Crippen LogP contribution is -2.30. The molecule has 5 nitrogen and oxygen atoms in total. The third-order valence-electron chi connectivity index (χ3n) is 3.81. The van der Waals surface area contributed by atoms with Gasteiger partial charge in [0.2, 0.25) is 5.91 Å². The SMILES string of the molecule is COc1ccc(OCCNCCC(=O)N(C)Cc2ccccc2)cc1. The van der Waals surface area contributed by atoms with Gasteiger partial charge < -0.3 is 19.7 Å². The normalized spacial score (nSPS) is 10.3. The van der Waals surface area contributed by atoms with Crippen LogP contribution in [0.25, 0.3) is 0 Å². The first-order valence-corrected chi connectivity index (χ1v) is 8.44. The largest absolute Gasteiger partial charge is 0.497 e. The Kier molecular flexibility index (Phi) is 7.79. The van der Waals surface area contributed by atoms with Crippen LogP contribution in [0.3, 0.4) is 0 Å². The van der Waals surface area contributed by atoms with Crippen molar-refractivity contribution >= 4 is 5.91 Å². The molecule has 0 saturated carbocycles. The van der Waals surface area contributed by atoms with Crippen molar-refractivity contribution in [2.75, 3.05) is 33.9 Å². The van der Waals surface area contributed by atoms with E-state index in [1.165, 1.54) is 0 Å². The average molecular weight is 342 g/mol. The number of amides is 1. The molecule has 5 heteroatoms. The van der Waals surface area contributed by atoms with Gasteiger partial charge in [-0.15, -0.1) is 0 Å². The molecule has 0 atom stereocenters. The smallest absolute Gasteiger partial charge is 0.223 e. The molecule has 0 radical (unpaired) electrons. The number of methoxy groups -OCH3 is 1. The minimum atomic E-state index is 0.132.